The van der Waals surface area contributed by atoms with Crippen LogP contribution in [0.5, 0.6) is 11.5 Å². The Morgan fingerprint density at radius 3 is 2.63 bits per heavy atom. The van der Waals surface area contributed by atoms with Gasteiger partial charge in [0.25, 0.3) is 5.09 Å². The molecule has 14 nitrogen and oxygen atoms in total. The lowest BCUT2D eigenvalue weighted by atomic mass is 9.84. The fourth-order valence-electron chi connectivity index (χ4n) is 7.26. The van der Waals surface area contributed by atoms with Crippen molar-refractivity contribution >= 4 is 17.5 Å². The molecule has 0 spiro atoms. The second-order valence-electron chi connectivity index (χ2n) is 13.7. The number of halogens is 1. The molecule has 1 N–H and O–H groups in total. The maximum atomic E-state index is 13.8. The Bertz CT molecular complexity index is 1680. The number of ether oxygens (including phenoxy) is 5. The van der Waals surface area contributed by atoms with Gasteiger partial charge < -0.3 is 48.3 Å². The minimum Gasteiger partial charge on any atom is -0.490 e. The summed E-state index contributed by atoms with van der Waals surface area (Å²) in [5.41, 5.74) is 3.59. The molecule has 2 saturated heterocycles. The molecule has 54 heavy (non-hydrogen) atoms. The molecule has 292 valence electrons. The van der Waals surface area contributed by atoms with Gasteiger partial charge in [0.15, 0.2) is 0 Å². The quantitative estimate of drug-likeness (QED) is 0.110. The zero-order valence-corrected chi connectivity index (χ0v) is 30.6. The lowest BCUT2D eigenvalue weighted by molar-refractivity contribution is -0.757. The van der Waals surface area contributed by atoms with Crippen molar-refractivity contribution in [3.05, 3.63) is 93.8 Å². The molecule has 0 radical (unpaired) electrons. The molecule has 0 saturated carbocycles. The number of carbonyl (C=O) groups excluding carboxylic acids is 1. The van der Waals surface area contributed by atoms with Crippen LogP contribution in [0.2, 0.25) is 0 Å². The second kappa shape index (κ2) is 18.9. The van der Waals surface area contributed by atoms with Gasteiger partial charge in [0.05, 0.1) is 63.9 Å². The predicted octanol–water partition coefficient (Wildman–Crippen LogP) is 5.19. The van der Waals surface area contributed by atoms with Gasteiger partial charge in [0, 0.05) is 44.8 Å². The number of fused-ring (bicyclic) bond motifs is 1. The normalized spacial score (nSPS) is 21.0. The molecule has 3 aliphatic rings. The number of piperidine rings is 1. The summed E-state index contributed by atoms with van der Waals surface area (Å²) in [7, 11) is 1.69. The van der Waals surface area contributed by atoms with Crippen molar-refractivity contribution in [3.8, 4) is 11.5 Å². The van der Waals surface area contributed by atoms with Gasteiger partial charge in [-0.2, -0.15) is 0 Å². The minimum atomic E-state index is -0.959. The lowest BCUT2D eigenvalue weighted by Gasteiger charge is -2.41. The molecule has 4 atom stereocenters. The molecule has 2 fully saturated rings. The van der Waals surface area contributed by atoms with Crippen molar-refractivity contribution in [2.75, 3.05) is 82.6 Å². The van der Waals surface area contributed by atoms with Gasteiger partial charge in [0.2, 0.25) is 0 Å². The van der Waals surface area contributed by atoms with Crippen LogP contribution in [0.4, 0.5) is 20.6 Å². The number of carbonyl (C=O) groups is 1. The fraction of sp³-hybridized carbons (Fsp3) is 0.513. The third-order valence-electron chi connectivity index (χ3n) is 9.95. The van der Waals surface area contributed by atoms with Crippen LogP contribution in [0, 0.1) is 15.9 Å². The first kappa shape index (κ1) is 38.9. The SMILES string of the molecule is COCCCN1CCOc2ccc(COC3CN(C(=O)OCCCCO[N+](=O)[O-])CC(O)C3c3ccc(OC4CCN(c5cccc(F)c5)C4)cc3)cc21. The van der Waals surface area contributed by atoms with Gasteiger partial charge in [-0.05, 0) is 72.9 Å². The van der Waals surface area contributed by atoms with Crippen LogP contribution in [-0.2, 0) is 25.7 Å². The average Bonchev–Trinajstić information content (AvgIpc) is 3.64. The molecular formula is C39H49FN4O10. The summed E-state index contributed by atoms with van der Waals surface area (Å²) in [5, 5.41) is 21.1. The number of anilines is 2. The van der Waals surface area contributed by atoms with E-state index in [4.69, 9.17) is 23.7 Å². The van der Waals surface area contributed by atoms with Crippen molar-refractivity contribution in [1.29, 1.82) is 0 Å². The highest BCUT2D eigenvalue weighted by Gasteiger charge is 2.40. The van der Waals surface area contributed by atoms with Gasteiger partial charge in [-0.3, -0.25) is 0 Å². The van der Waals surface area contributed by atoms with E-state index in [0.29, 0.717) is 38.3 Å². The van der Waals surface area contributed by atoms with Gasteiger partial charge in [0.1, 0.15) is 30.0 Å². The van der Waals surface area contributed by atoms with Crippen molar-refractivity contribution in [2.45, 2.75) is 56.5 Å². The van der Waals surface area contributed by atoms with Crippen molar-refractivity contribution in [1.82, 2.24) is 4.90 Å². The second-order valence-corrected chi connectivity index (χ2v) is 13.7. The Hall–Kier alpha value is -4.86. The van der Waals surface area contributed by atoms with Gasteiger partial charge in [-0.15, -0.1) is 10.1 Å². The maximum Gasteiger partial charge on any atom is 0.409 e. The molecule has 1 amide bonds. The van der Waals surface area contributed by atoms with Crippen LogP contribution in [0.15, 0.2) is 66.7 Å². The highest BCUT2D eigenvalue weighted by Crippen LogP contribution is 2.36. The van der Waals surface area contributed by atoms with Crippen LogP contribution >= 0.6 is 0 Å². The van der Waals surface area contributed by atoms with Crippen molar-refractivity contribution in [3.63, 3.8) is 0 Å². The number of likely N-dealkylation sites (tertiary alicyclic amines) is 1. The van der Waals surface area contributed by atoms with Crippen LogP contribution in [0.1, 0.15) is 42.7 Å². The Balaban J connectivity index is 1.12. The van der Waals surface area contributed by atoms with E-state index in [2.05, 4.69) is 20.7 Å². The molecule has 4 unspecified atom stereocenters. The van der Waals surface area contributed by atoms with Crippen LogP contribution in [0.3, 0.4) is 0 Å². The molecule has 3 aromatic rings. The molecule has 0 bridgehead atoms. The summed E-state index contributed by atoms with van der Waals surface area (Å²) in [6, 6.07) is 20.2. The Kier molecular flexibility index (Phi) is 13.6. The topological polar surface area (TPSA) is 146 Å². The number of rotatable bonds is 17. The Morgan fingerprint density at radius 1 is 1.00 bits per heavy atom. The van der Waals surface area contributed by atoms with E-state index in [1.165, 1.54) is 17.0 Å². The van der Waals surface area contributed by atoms with Gasteiger partial charge in [-0.25, -0.2) is 9.18 Å². The van der Waals surface area contributed by atoms with E-state index in [1.807, 2.05) is 42.5 Å². The van der Waals surface area contributed by atoms with E-state index in [0.717, 1.165) is 60.7 Å². The van der Waals surface area contributed by atoms with Gasteiger partial charge >= 0.3 is 6.09 Å². The van der Waals surface area contributed by atoms with E-state index >= 15 is 0 Å². The number of β-amino-alcohol motifs (C(OH)–C–C–N with tert-alkyl or cyclic N) is 1. The standard InChI is InChI=1S/C39H49FN4O10/c1-49-18-5-15-41-17-21-50-36-13-8-28(22-34(36)41)27-52-37-26-43(39(46)51-19-2-3-20-53-44(47)48)25-35(45)38(37)29-9-11-32(12-10-29)54-33-14-16-42(24-33)31-7-4-6-30(40)23-31/h4,6-13,22-23,33,35,37-38,45H,2-3,5,14-21,24-27H2,1H3. The van der Waals surface area contributed by atoms with E-state index < -0.39 is 29.3 Å². The van der Waals surface area contributed by atoms with Crippen LogP contribution in [0.25, 0.3) is 0 Å². The largest absolute Gasteiger partial charge is 0.490 e. The number of aliphatic hydroxyl groups excluding tert-OH is 1. The zero-order chi connectivity index (χ0) is 37.9. The smallest absolute Gasteiger partial charge is 0.409 e. The first-order chi connectivity index (χ1) is 26.3. The summed E-state index contributed by atoms with van der Waals surface area (Å²) in [4.78, 5) is 33.7. The number of methoxy groups -OCH3 is 1. The molecule has 3 heterocycles. The summed E-state index contributed by atoms with van der Waals surface area (Å²) in [5.74, 6) is 0.778. The summed E-state index contributed by atoms with van der Waals surface area (Å²) in [6.45, 7) is 4.70. The highest BCUT2D eigenvalue weighted by molar-refractivity contribution is 5.68. The van der Waals surface area contributed by atoms with Gasteiger partial charge in [-0.1, -0.05) is 24.3 Å². The highest BCUT2D eigenvalue weighted by atomic mass is 19.1. The summed E-state index contributed by atoms with van der Waals surface area (Å²) < 4.78 is 43.3. The molecule has 3 aliphatic heterocycles. The number of unbranched alkanes of at least 4 members (excludes halogenated alkanes) is 1. The van der Waals surface area contributed by atoms with E-state index in [-0.39, 0.29) is 44.8 Å². The van der Waals surface area contributed by atoms with Crippen molar-refractivity contribution < 1.29 is 47.9 Å². The number of benzene rings is 3. The van der Waals surface area contributed by atoms with Crippen molar-refractivity contribution in [2.24, 2.45) is 0 Å². The minimum absolute atomic E-state index is 0.0383. The van der Waals surface area contributed by atoms with Crippen LogP contribution in [-0.4, -0.2) is 112 Å². The Labute approximate surface area is 314 Å². The monoisotopic (exact) mass is 752 g/mol. The average molecular weight is 753 g/mol. The number of nitrogens with zero attached hydrogens (tertiary/aromatic N) is 4. The predicted molar refractivity (Wildman–Crippen MR) is 197 cm³/mol. The van der Waals surface area contributed by atoms with Crippen LogP contribution < -0.4 is 19.3 Å². The number of aliphatic hydroxyl groups is 1. The maximum absolute atomic E-state index is 13.8. The first-order valence-electron chi connectivity index (χ1n) is 18.5. The third kappa shape index (κ3) is 10.4. The molecular weight excluding hydrogens is 703 g/mol. The number of amides is 1. The number of hydrogen-bond acceptors (Lipinski definition) is 12. The molecule has 0 aliphatic carbocycles. The lowest BCUT2D eigenvalue weighted by Crippen LogP contribution is -2.53. The Morgan fingerprint density at radius 2 is 1.83 bits per heavy atom. The first-order valence-corrected chi connectivity index (χ1v) is 18.5. The molecule has 0 aromatic heterocycles. The third-order valence-corrected chi connectivity index (χ3v) is 9.95. The summed E-state index contributed by atoms with van der Waals surface area (Å²) in [6.07, 6.45) is 0.228. The molecule has 15 heteroatoms. The summed E-state index contributed by atoms with van der Waals surface area (Å²) >= 11 is 0. The van der Waals surface area contributed by atoms with E-state index in [9.17, 15) is 24.4 Å². The number of hydrogen-bond donors (Lipinski definition) is 1. The molecule has 6 rings (SSSR count). The molecule has 3 aromatic carbocycles. The zero-order valence-electron chi connectivity index (χ0n) is 30.6. The van der Waals surface area contributed by atoms with E-state index in [1.54, 1.807) is 13.2 Å². The fourth-order valence-corrected chi connectivity index (χ4v) is 7.26.